The fraction of sp³-hybridized carbons (Fsp3) is 0.654. The summed E-state index contributed by atoms with van der Waals surface area (Å²) >= 11 is 0. The molecule has 8 atom stereocenters. The van der Waals surface area contributed by atoms with E-state index in [1.165, 1.54) is 12.1 Å². The van der Waals surface area contributed by atoms with Gasteiger partial charge in [-0.1, -0.05) is 19.9 Å². The van der Waals surface area contributed by atoms with Crippen molar-refractivity contribution in [2.75, 3.05) is 5.32 Å². The average molecular weight is 443 g/mol. The van der Waals surface area contributed by atoms with E-state index in [0.717, 1.165) is 44.1 Å². The van der Waals surface area contributed by atoms with Gasteiger partial charge in [0.15, 0.2) is 0 Å². The molecule has 1 spiro atoms. The Kier molecular flexibility index (Phi) is 4.99. The number of urea groups is 1. The molecule has 1 aromatic rings. The number of hydrogen-bond donors (Lipinski definition) is 4. The third-order valence-corrected chi connectivity index (χ3v) is 9.66. The fourth-order valence-corrected chi connectivity index (χ4v) is 8.58. The van der Waals surface area contributed by atoms with Gasteiger partial charge in [-0.2, -0.15) is 0 Å². The smallest absolute Gasteiger partial charge is 0.319 e. The minimum atomic E-state index is -0.546. The Balaban J connectivity index is 1.41. The molecule has 0 aliphatic heterocycles. The zero-order valence-corrected chi connectivity index (χ0v) is 19.0. The predicted molar refractivity (Wildman–Crippen MR) is 121 cm³/mol. The topological polar surface area (TPSA) is 81.6 Å². The second kappa shape index (κ2) is 7.29. The van der Waals surface area contributed by atoms with E-state index in [9.17, 15) is 19.4 Å². The van der Waals surface area contributed by atoms with Crippen molar-refractivity contribution in [3.05, 3.63) is 42.2 Å². The fourth-order valence-electron chi connectivity index (χ4n) is 8.58. The Hall–Kier alpha value is -1.92. The number of anilines is 1. The molecular formula is C26H35FN2O3. The molecule has 4 fully saturated rings. The first kappa shape index (κ1) is 21.9. The van der Waals surface area contributed by atoms with E-state index in [1.54, 1.807) is 12.1 Å². The zero-order valence-electron chi connectivity index (χ0n) is 19.0. The highest BCUT2D eigenvalue weighted by Crippen LogP contribution is 2.70. The Bertz CT molecular complexity index is 936. The van der Waals surface area contributed by atoms with Gasteiger partial charge in [0.1, 0.15) is 5.82 Å². The van der Waals surface area contributed by atoms with E-state index in [-0.39, 0.29) is 40.4 Å². The number of benzene rings is 1. The molecule has 4 aliphatic rings. The number of amides is 2. The summed E-state index contributed by atoms with van der Waals surface area (Å²) in [6.07, 6.45) is 5.18. The minimum absolute atomic E-state index is 0.000773. The molecule has 5 rings (SSSR count). The Morgan fingerprint density at radius 1 is 1.16 bits per heavy atom. The molecule has 3 unspecified atom stereocenters. The Morgan fingerprint density at radius 2 is 1.88 bits per heavy atom. The maximum absolute atomic E-state index is 13.2. The van der Waals surface area contributed by atoms with Crippen molar-refractivity contribution < 1.29 is 19.4 Å². The normalized spacial score (nSPS) is 45.0. The molecular weight excluding hydrogens is 407 g/mol. The molecule has 4 saturated carbocycles. The molecule has 174 valence electrons. The average Bonchev–Trinajstić information content (AvgIpc) is 2.90. The number of aliphatic hydroxyl groups excluding tert-OH is 2. The highest BCUT2D eigenvalue weighted by molar-refractivity contribution is 5.89. The van der Waals surface area contributed by atoms with Gasteiger partial charge in [-0.05, 0) is 98.5 Å². The Morgan fingerprint density at radius 3 is 2.59 bits per heavy atom. The van der Waals surface area contributed by atoms with Crippen LogP contribution in [0.4, 0.5) is 14.9 Å². The van der Waals surface area contributed by atoms with Gasteiger partial charge in [-0.25, -0.2) is 9.18 Å². The van der Waals surface area contributed by atoms with Crippen molar-refractivity contribution in [3.63, 3.8) is 0 Å². The van der Waals surface area contributed by atoms with E-state index in [4.69, 9.17) is 0 Å². The Labute approximate surface area is 189 Å². The van der Waals surface area contributed by atoms with Crippen molar-refractivity contribution in [2.45, 2.75) is 76.5 Å². The number of carbonyl (C=O) groups excluding carboxylic acids is 1. The van der Waals surface area contributed by atoms with Crippen LogP contribution in [0.3, 0.4) is 0 Å². The maximum atomic E-state index is 13.2. The highest BCUT2D eigenvalue weighted by atomic mass is 19.1. The van der Waals surface area contributed by atoms with Crippen LogP contribution in [0.15, 0.2) is 36.4 Å². The van der Waals surface area contributed by atoms with Crippen LogP contribution in [0.25, 0.3) is 0 Å². The standard InChI is InChI=1S/C26H35FN2O3/c1-15-16-13-19(30)21-24(2)10-4-11-25(3,20(24)9-12-26(21,14-16)22(15)31)29-23(32)28-18-7-5-17(27)6-8-18/h5-8,16,19-22,30-31H,1,4,9-14H2,2-3H3,(H2,28,29,32)/t16-,19+,20?,21?,22?,24-,25-,26-/m1/s1. The van der Waals surface area contributed by atoms with Crippen molar-refractivity contribution in [3.8, 4) is 0 Å². The first-order chi connectivity index (χ1) is 15.1. The van der Waals surface area contributed by atoms with E-state index in [0.29, 0.717) is 12.1 Å². The summed E-state index contributed by atoms with van der Waals surface area (Å²) in [4.78, 5) is 12.9. The van der Waals surface area contributed by atoms with E-state index in [2.05, 4.69) is 31.1 Å². The quantitative estimate of drug-likeness (QED) is 0.505. The van der Waals surface area contributed by atoms with Crippen LogP contribution < -0.4 is 10.6 Å². The molecule has 2 bridgehead atoms. The lowest BCUT2D eigenvalue weighted by Crippen LogP contribution is -2.67. The summed E-state index contributed by atoms with van der Waals surface area (Å²) in [5.41, 5.74) is 0.568. The molecule has 0 saturated heterocycles. The largest absolute Gasteiger partial charge is 0.393 e. The van der Waals surface area contributed by atoms with Crippen LogP contribution in [-0.2, 0) is 0 Å². The SMILES string of the molecule is C=C1C(O)[C@@]23CCC4[C@@](C)(CCC[C@@]4(C)NC(=O)Nc4ccc(F)cc4)C2[C@@H](O)C[C@@H]1C3. The first-order valence-electron chi connectivity index (χ1n) is 12.0. The molecule has 32 heavy (non-hydrogen) atoms. The van der Waals surface area contributed by atoms with Gasteiger partial charge in [-0.3, -0.25) is 0 Å². The zero-order chi connectivity index (χ0) is 22.9. The third-order valence-electron chi connectivity index (χ3n) is 9.66. The molecule has 4 N–H and O–H groups in total. The lowest BCUT2D eigenvalue weighted by atomic mass is 9.41. The molecule has 4 aliphatic carbocycles. The van der Waals surface area contributed by atoms with Gasteiger partial charge in [0, 0.05) is 16.6 Å². The molecule has 5 nitrogen and oxygen atoms in total. The summed E-state index contributed by atoms with van der Waals surface area (Å²) in [5.74, 6) is 0.0737. The minimum Gasteiger partial charge on any atom is -0.393 e. The van der Waals surface area contributed by atoms with E-state index in [1.807, 2.05) is 0 Å². The summed E-state index contributed by atoms with van der Waals surface area (Å²) in [6.45, 7) is 8.59. The van der Waals surface area contributed by atoms with Gasteiger partial charge < -0.3 is 20.8 Å². The van der Waals surface area contributed by atoms with Gasteiger partial charge in [-0.15, -0.1) is 0 Å². The van der Waals surface area contributed by atoms with Crippen LogP contribution >= 0.6 is 0 Å². The van der Waals surface area contributed by atoms with Crippen molar-refractivity contribution >= 4 is 11.7 Å². The number of hydrogen-bond acceptors (Lipinski definition) is 3. The lowest BCUT2D eigenvalue weighted by Gasteiger charge is -2.65. The van der Waals surface area contributed by atoms with E-state index < -0.39 is 17.7 Å². The van der Waals surface area contributed by atoms with Crippen LogP contribution in [-0.4, -0.2) is 34.0 Å². The van der Waals surface area contributed by atoms with Crippen LogP contribution in [0, 0.1) is 34.4 Å². The lowest BCUT2D eigenvalue weighted by molar-refractivity contribution is -0.195. The van der Waals surface area contributed by atoms with Crippen molar-refractivity contribution in [1.29, 1.82) is 0 Å². The summed E-state index contributed by atoms with van der Waals surface area (Å²) in [7, 11) is 0. The maximum Gasteiger partial charge on any atom is 0.319 e. The van der Waals surface area contributed by atoms with Gasteiger partial charge in [0.2, 0.25) is 0 Å². The van der Waals surface area contributed by atoms with Gasteiger partial charge >= 0.3 is 6.03 Å². The molecule has 0 radical (unpaired) electrons. The predicted octanol–water partition coefficient (Wildman–Crippen LogP) is 4.61. The van der Waals surface area contributed by atoms with Crippen molar-refractivity contribution in [2.24, 2.45) is 28.6 Å². The molecule has 2 amide bonds. The number of aliphatic hydroxyl groups is 2. The second-order valence-electron chi connectivity index (χ2n) is 11.3. The number of carbonyl (C=O) groups is 1. The summed E-state index contributed by atoms with van der Waals surface area (Å²) < 4.78 is 13.2. The first-order valence-corrected chi connectivity index (χ1v) is 12.0. The van der Waals surface area contributed by atoms with Gasteiger partial charge in [0.25, 0.3) is 0 Å². The van der Waals surface area contributed by atoms with Crippen LogP contribution in [0.2, 0.25) is 0 Å². The molecule has 6 heteroatoms. The molecule has 0 aromatic heterocycles. The highest BCUT2D eigenvalue weighted by Gasteiger charge is 2.69. The second-order valence-corrected chi connectivity index (χ2v) is 11.3. The summed E-state index contributed by atoms with van der Waals surface area (Å²) in [6, 6.07) is 5.47. The van der Waals surface area contributed by atoms with Gasteiger partial charge in [0.05, 0.1) is 12.2 Å². The number of halogens is 1. The molecule has 1 aromatic carbocycles. The molecule has 0 heterocycles. The van der Waals surface area contributed by atoms with Crippen LogP contribution in [0.5, 0.6) is 0 Å². The summed E-state index contributed by atoms with van der Waals surface area (Å²) in [5, 5.41) is 28.6. The number of rotatable bonds is 2. The number of fused-ring (bicyclic) bond motifs is 3. The van der Waals surface area contributed by atoms with E-state index >= 15 is 0 Å². The number of nitrogens with one attached hydrogen (secondary N) is 2. The third kappa shape index (κ3) is 3.06. The van der Waals surface area contributed by atoms with Crippen molar-refractivity contribution in [1.82, 2.24) is 5.32 Å². The monoisotopic (exact) mass is 442 g/mol. The van der Waals surface area contributed by atoms with Crippen LogP contribution in [0.1, 0.15) is 58.8 Å².